The van der Waals surface area contributed by atoms with Crippen LogP contribution in [0.3, 0.4) is 0 Å². The van der Waals surface area contributed by atoms with E-state index in [4.69, 9.17) is 16.3 Å². The SMILES string of the molecule is C=CCN(CC)S(=O)(=O)c1cc(Cl)ccc1OC. The highest BCUT2D eigenvalue weighted by molar-refractivity contribution is 7.89. The number of ether oxygens (including phenoxy) is 1. The molecule has 0 heterocycles. The fraction of sp³-hybridized carbons (Fsp3) is 0.333. The first-order valence-electron chi connectivity index (χ1n) is 5.42. The van der Waals surface area contributed by atoms with Gasteiger partial charge in [0.2, 0.25) is 10.0 Å². The van der Waals surface area contributed by atoms with E-state index < -0.39 is 10.0 Å². The van der Waals surface area contributed by atoms with Gasteiger partial charge in [0, 0.05) is 18.1 Å². The van der Waals surface area contributed by atoms with Gasteiger partial charge in [-0.25, -0.2) is 8.42 Å². The van der Waals surface area contributed by atoms with E-state index in [1.807, 2.05) is 0 Å². The lowest BCUT2D eigenvalue weighted by atomic mass is 10.3. The number of rotatable bonds is 6. The first-order valence-corrected chi connectivity index (χ1v) is 7.23. The molecule has 0 amide bonds. The van der Waals surface area contributed by atoms with Crippen LogP contribution in [0.25, 0.3) is 0 Å². The first kappa shape index (κ1) is 15.0. The summed E-state index contributed by atoms with van der Waals surface area (Å²) in [6, 6.07) is 4.52. The molecular formula is C12H16ClNO3S. The third-order valence-corrected chi connectivity index (χ3v) is 4.63. The molecule has 0 aliphatic heterocycles. The Bertz CT molecular complexity index is 528. The molecule has 4 nitrogen and oxygen atoms in total. The summed E-state index contributed by atoms with van der Waals surface area (Å²) in [6.45, 7) is 5.91. The second-order valence-corrected chi connectivity index (χ2v) is 5.88. The van der Waals surface area contributed by atoms with Gasteiger partial charge in [-0.15, -0.1) is 6.58 Å². The minimum Gasteiger partial charge on any atom is -0.495 e. The highest BCUT2D eigenvalue weighted by atomic mass is 35.5. The molecule has 0 bridgehead atoms. The Balaban J connectivity index is 3.34. The molecule has 0 aliphatic rings. The van der Waals surface area contributed by atoms with Gasteiger partial charge in [-0.05, 0) is 18.2 Å². The molecule has 0 fully saturated rings. The second-order valence-electron chi connectivity index (χ2n) is 3.54. The minimum atomic E-state index is -3.63. The van der Waals surface area contributed by atoms with Gasteiger partial charge < -0.3 is 4.74 Å². The highest BCUT2D eigenvalue weighted by Gasteiger charge is 2.26. The van der Waals surface area contributed by atoms with Crippen molar-refractivity contribution in [2.45, 2.75) is 11.8 Å². The molecule has 0 saturated heterocycles. The molecule has 1 rings (SSSR count). The van der Waals surface area contributed by atoms with Crippen LogP contribution in [0.4, 0.5) is 0 Å². The van der Waals surface area contributed by atoms with Gasteiger partial charge in [-0.3, -0.25) is 0 Å². The summed E-state index contributed by atoms with van der Waals surface area (Å²) in [6.07, 6.45) is 1.54. The lowest BCUT2D eigenvalue weighted by Gasteiger charge is -2.20. The van der Waals surface area contributed by atoms with Crippen LogP contribution in [-0.4, -0.2) is 32.9 Å². The number of methoxy groups -OCH3 is 1. The molecule has 18 heavy (non-hydrogen) atoms. The largest absolute Gasteiger partial charge is 0.495 e. The number of halogens is 1. The lowest BCUT2D eigenvalue weighted by Crippen LogP contribution is -2.31. The Kier molecular flexibility index (Phi) is 5.19. The zero-order valence-corrected chi connectivity index (χ0v) is 12.0. The van der Waals surface area contributed by atoms with E-state index in [9.17, 15) is 8.42 Å². The van der Waals surface area contributed by atoms with Crippen LogP contribution in [0.1, 0.15) is 6.92 Å². The molecule has 0 saturated carbocycles. The van der Waals surface area contributed by atoms with E-state index in [0.29, 0.717) is 11.6 Å². The average Bonchev–Trinajstić information content (AvgIpc) is 2.35. The Morgan fingerprint density at radius 1 is 1.50 bits per heavy atom. The molecule has 0 unspecified atom stereocenters. The van der Waals surface area contributed by atoms with Gasteiger partial charge in [-0.1, -0.05) is 24.6 Å². The maximum absolute atomic E-state index is 12.4. The van der Waals surface area contributed by atoms with Crippen molar-refractivity contribution in [3.05, 3.63) is 35.9 Å². The summed E-state index contributed by atoms with van der Waals surface area (Å²) in [5, 5.41) is 0.351. The predicted molar refractivity (Wildman–Crippen MR) is 72.6 cm³/mol. The monoisotopic (exact) mass is 289 g/mol. The summed E-state index contributed by atoms with van der Waals surface area (Å²) < 4.78 is 31.2. The molecule has 1 aromatic carbocycles. The van der Waals surface area contributed by atoms with Crippen LogP contribution in [0.5, 0.6) is 5.75 Å². The third-order valence-electron chi connectivity index (χ3n) is 2.43. The summed E-state index contributed by atoms with van der Waals surface area (Å²) in [4.78, 5) is 0.0706. The molecule has 100 valence electrons. The maximum Gasteiger partial charge on any atom is 0.247 e. The van der Waals surface area contributed by atoms with E-state index >= 15 is 0 Å². The van der Waals surface area contributed by atoms with E-state index in [1.165, 1.54) is 29.6 Å². The van der Waals surface area contributed by atoms with E-state index in [1.54, 1.807) is 13.0 Å². The van der Waals surface area contributed by atoms with Crippen molar-refractivity contribution in [2.24, 2.45) is 0 Å². The van der Waals surface area contributed by atoms with E-state index in [2.05, 4.69) is 6.58 Å². The van der Waals surface area contributed by atoms with Crippen LogP contribution < -0.4 is 4.74 Å². The molecular weight excluding hydrogens is 274 g/mol. The third kappa shape index (κ3) is 3.04. The van der Waals surface area contributed by atoms with Gasteiger partial charge in [0.05, 0.1) is 7.11 Å². The van der Waals surface area contributed by atoms with Gasteiger partial charge >= 0.3 is 0 Å². The second kappa shape index (κ2) is 6.22. The fourth-order valence-electron chi connectivity index (χ4n) is 1.53. The van der Waals surface area contributed by atoms with Gasteiger partial charge in [0.15, 0.2) is 0 Å². The number of likely N-dealkylation sites (N-methyl/N-ethyl adjacent to an activating group) is 1. The Morgan fingerprint density at radius 2 is 2.17 bits per heavy atom. The summed E-state index contributed by atoms with van der Waals surface area (Å²) >= 11 is 5.85. The first-order chi connectivity index (χ1) is 8.47. The van der Waals surface area contributed by atoms with Crippen molar-refractivity contribution in [2.75, 3.05) is 20.2 Å². The van der Waals surface area contributed by atoms with E-state index in [0.717, 1.165) is 0 Å². The quantitative estimate of drug-likeness (QED) is 0.756. The van der Waals surface area contributed by atoms with Crippen molar-refractivity contribution in [1.82, 2.24) is 4.31 Å². The number of hydrogen-bond donors (Lipinski definition) is 0. The number of hydrogen-bond acceptors (Lipinski definition) is 3. The van der Waals surface area contributed by atoms with Crippen molar-refractivity contribution in [3.8, 4) is 5.75 Å². The van der Waals surface area contributed by atoms with Crippen molar-refractivity contribution >= 4 is 21.6 Å². The van der Waals surface area contributed by atoms with Crippen LogP contribution in [0.2, 0.25) is 5.02 Å². The van der Waals surface area contributed by atoms with Gasteiger partial charge in [-0.2, -0.15) is 4.31 Å². The van der Waals surface area contributed by atoms with Crippen molar-refractivity contribution in [1.29, 1.82) is 0 Å². The molecule has 0 aromatic heterocycles. The smallest absolute Gasteiger partial charge is 0.247 e. The van der Waals surface area contributed by atoms with E-state index in [-0.39, 0.29) is 17.2 Å². The standard InChI is InChI=1S/C12H16ClNO3S/c1-4-8-14(5-2)18(15,16)12-9-10(13)6-7-11(12)17-3/h4,6-7,9H,1,5,8H2,2-3H3. The minimum absolute atomic E-state index is 0.0706. The van der Waals surface area contributed by atoms with Crippen molar-refractivity contribution < 1.29 is 13.2 Å². The highest BCUT2D eigenvalue weighted by Crippen LogP contribution is 2.29. The topological polar surface area (TPSA) is 46.6 Å². The van der Waals surface area contributed by atoms with Crippen LogP contribution in [0.15, 0.2) is 35.7 Å². The maximum atomic E-state index is 12.4. The van der Waals surface area contributed by atoms with Crippen LogP contribution >= 0.6 is 11.6 Å². The molecule has 0 radical (unpaired) electrons. The van der Waals surface area contributed by atoms with Gasteiger partial charge in [0.25, 0.3) is 0 Å². The Morgan fingerprint density at radius 3 is 2.67 bits per heavy atom. The zero-order valence-electron chi connectivity index (χ0n) is 10.4. The summed E-state index contributed by atoms with van der Waals surface area (Å²) in [5.41, 5.74) is 0. The van der Waals surface area contributed by atoms with Crippen molar-refractivity contribution in [3.63, 3.8) is 0 Å². The normalized spacial score (nSPS) is 11.6. The predicted octanol–water partition coefficient (Wildman–Crippen LogP) is 2.55. The summed E-state index contributed by atoms with van der Waals surface area (Å²) in [7, 11) is -2.20. The van der Waals surface area contributed by atoms with Gasteiger partial charge in [0.1, 0.15) is 10.6 Å². The average molecular weight is 290 g/mol. The van der Waals surface area contributed by atoms with Crippen LogP contribution in [-0.2, 0) is 10.0 Å². The molecule has 0 aliphatic carbocycles. The number of benzene rings is 1. The number of sulfonamides is 1. The van der Waals surface area contributed by atoms with Crippen LogP contribution in [0, 0.1) is 0 Å². The molecule has 0 atom stereocenters. The molecule has 0 spiro atoms. The Labute approximate surface area is 113 Å². The zero-order chi connectivity index (χ0) is 13.8. The fourth-order valence-corrected chi connectivity index (χ4v) is 3.37. The molecule has 1 aromatic rings. The summed E-state index contributed by atoms with van der Waals surface area (Å²) in [5.74, 6) is 0.280. The molecule has 6 heteroatoms. The Hall–Kier alpha value is -1.04. The molecule has 0 N–H and O–H groups in total. The number of nitrogens with zero attached hydrogens (tertiary/aromatic N) is 1. The lowest BCUT2D eigenvalue weighted by molar-refractivity contribution is 0.397.